The molecule has 0 aliphatic carbocycles. The van der Waals surface area contributed by atoms with E-state index in [9.17, 15) is 9.50 Å². The molecule has 0 bridgehead atoms. The van der Waals surface area contributed by atoms with Crippen molar-refractivity contribution in [3.63, 3.8) is 0 Å². The van der Waals surface area contributed by atoms with Crippen LogP contribution in [0.5, 0.6) is 5.75 Å². The van der Waals surface area contributed by atoms with Crippen LogP contribution in [0.3, 0.4) is 0 Å². The first kappa shape index (κ1) is 15.9. The van der Waals surface area contributed by atoms with E-state index >= 15 is 0 Å². The SMILES string of the molecule is CC(O)CCOc1c(F)cccc1CNC(C)(C)C. The smallest absolute Gasteiger partial charge is 0.165 e. The van der Waals surface area contributed by atoms with Gasteiger partial charge in [0.15, 0.2) is 11.6 Å². The molecular formula is C15H24FNO2. The van der Waals surface area contributed by atoms with Crippen molar-refractivity contribution in [1.29, 1.82) is 0 Å². The summed E-state index contributed by atoms with van der Waals surface area (Å²) < 4.78 is 19.2. The van der Waals surface area contributed by atoms with Crippen molar-refractivity contribution in [2.45, 2.75) is 52.3 Å². The maximum absolute atomic E-state index is 13.8. The summed E-state index contributed by atoms with van der Waals surface area (Å²) in [6.45, 7) is 8.71. The Balaban J connectivity index is 2.71. The summed E-state index contributed by atoms with van der Waals surface area (Å²) in [5.74, 6) is -0.0845. The fourth-order valence-corrected chi connectivity index (χ4v) is 1.55. The standard InChI is InChI=1S/C15H24FNO2/c1-11(18)8-9-19-14-12(6-5-7-13(14)16)10-17-15(2,3)4/h5-7,11,17-18H,8-10H2,1-4H3. The van der Waals surface area contributed by atoms with E-state index in [1.54, 1.807) is 13.0 Å². The largest absolute Gasteiger partial charge is 0.490 e. The lowest BCUT2D eigenvalue weighted by Crippen LogP contribution is -2.35. The van der Waals surface area contributed by atoms with Gasteiger partial charge < -0.3 is 15.2 Å². The summed E-state index contributed by atoms with van der Waals surface area (Å²) in [6, 6.07) is 4.91. The molecule has 0 fully saturated rings. The second-order valence-corrected chi connectivity index (χ2v) is 5.82. The quantitative estimate of drug-likeness (QED) is 0.834. The molecule has 1 aromatic rings. The summed E-state index contributed by atoms with van der Waals surface area (Å²) in [4.78, 5) is 0. The summed E-state index contributed by atoms with van der Waals surface area (Å²) in [7, 11) is 0. The van der Waals surface area contributed by atoms with Gasteiger partial charge in [-0.3, -0.25) is 0 Å². The zero-order chi connectivity index (χ0) is 14.5. The number of halogens is 1. The molecule has 0 saturated heterocycles. The number of rotatable bonds is 6. The molecule has 108 valence electrons. The van der Waals surface area contributed by atoms with Gasteiger partial charge in [0.1, 0.15) is 0 Å². The van der Waals surface area contributed by atoms with Gasteiger partial charge >= 0.3 is 0 Å². The Bertz CT molecular complexity index is 400. The average molecular weight is 269 g/mol. The minimum absolute atomic E-state index is 0.0385. The Morgan fingerprint density at radius 1 is 1.37 bits per heavy atom. The lowest BCUT2D eigenvalue weighted by molar-refractivity contribution is 0.153. The van der Waals surface area contributed by atoms with Crippen LogP contribution in [0.25, 0.3) is 0 Å². The van der Waals surface area contributed by atoms with Gasteiger partial charge in [0.2, 0.25) is 0 Å². The van der Waals surface area contributed by atoms with Crippen molar-refractivity contribution < 1.29 is 14.2 Å². The van der Waals surface area contributed by atoms with Gasteiger partial charge in [-0.2, -0.15) is 0 Å². The zero-order valence-corrected chi connectivity index (χ0v) is 12.2. The lowest BCUT2D eigenvalue weighted by Gasteiger charge is -2.22. The van der Waals surface area contributed by atoms with E-state index in [-0.39, 0.29) is 17.1 Å². The molecule has 0 aromatic heterocycles. The molecule has 0 saturated carbocycles. The van der Waals surface area contributed by atoms with E-state index in [0.717, 1.165) is 5.56 Å². The van der Waals surface area contributed by atoms with Crippen LogP contribution in [-0.2, 0) is 6.54 Å². The first-order chi connectivity index (χ1) is 8.79. The van der Waals surface area contributed by atoms with Crippen molar-refractivity contribution in [1.82, 2.24) is 5.32 Å². The minimum Gasteiger partial charge on any atom is -0.490 e. The second kappa shape index (κ2) is 6.87. The molecule has 0 aliphatic rings. The third kappa shape index (κ3) is 6.03. The number of hydrogen-bond acceptors (Lipinski definition) is 3. The highest BCUT2D eigenvalue weighted by molar-refractivity contribution is 5.35. The summed E-state index contributed by atoms with van der Waals surface area (Å²) in [5, 5.41) is 12.5. The molecule has 19 heavy (non-hydrogen) atoms. The van der Waals surface area contributed by atoms with Crippen LogP contribution in [0.2, 0.25) is 0 Å². The number of benzene rings is 1. The van der Waals surface area contributed by atoms with Crippen molar-refractivity contribution in [3.8, 4) is 5.75 Å². The van der Waals surface area contributed by atoms with E-state index in [0.29, 0.717) is 19.6 Å². The van der Waals surface area contributed by atoms with Crippen molar-refractivity contribution in [2.75, 3.05) is 6.61 Å². The Morgan fingerprint density at radius 2 is 2.05 bits per heavy atom. The van der Waals surface area contributed by atoms with Gasteiger partial charge in [-0.25, -0.2) is 4.39 Å². The van der Waals surface area contributed by atoms with Crippen LogP contribution in [0.4, 0.5) is 4.39 Å². The number of nitrogens with one attached hydrogen (secondary N) is 1. The molecule has 1 rings (SSSR count). The summed E-state index contributed by atoms with van der Waals surface area (Å²) in [5.41, 5.74) is 0.754. The zero-order valence-electron chi connectivity index (χ0n) is 12.2. The molecule has 1 aromatic carbocycles. The molecular weight excluding hydrogens is 245 g/mol. The second-order valence-electron chi connectivity index (χ2n) is 5.82. The fourth-order valence-electron chi connectivity index (χ4n) is 1.55. The minimum atomic E-state index is -0.442. The van der Waals surface area contributed by atoms with Gasteiger partial charge in [-0.05, 0) is 33.8 Å². The normalized spacial score (nSPS) is 13.4. The molecule has 0 spiro atoms. The van der Waals surface area contributed by atoms with Crippen LogP contribution >= 0.6 is 0 Å². The van der Waals surface area contributed by atoms with Crippen LogP contribution in [0, 0.1) is 5.82 Å². The number of aliphatic hydroxyl groups excluding tert-OH is 1. The van der Waals surface area contributed by atoms with Crippen LogP contribution in [0.15, 0.2) is 18.2 Å². The highest BCUT2D eigenvalue weighted by Gasteiger charge is 2.14. The highest BCUT2D eigenvalue weighted by atomic mass is 19.1. The van der Waals surface area contributed by atoms with Crippen molar-refractivity contribution in [2.24, 2.45) is 0 Å². The third-order valence-corrected chi connectivity index (χ3v) is 2.64. The highest BCUT2D eigenvalue weighted by Crippen LogP contribution is 2.23. The molecule has 1 atom stereocenters. The molecule has 0 radical (unpaired) electrons. The Kier molecular flexibility index (Phi) is 5.76. The van der Waals surface area contributed by atoms with Gasteiger partial charge in [0.25, 0.3) is 0 Å². The first-order valence-electron chi connectivity index (χ1n) is 6.63. The van der Waals surface area contributed by atoms with Gasteiger partial charge in [-0.15, -0.1) is 0 Å². The first-order valence-corrected chi connectivity index (χ1v) is 6.63. The van der Waals surface area contributed by atoms with E-state index in [1.807, 2.05) is 6.07 Å². The number of ether oxygens (including phenoxy) is 1. The molecule has 2 N–H and O–H groups in total. The Labute approximate surface area is 114 Å². The lowest BCUT2D eigenvalue weighted by atomic mass is 10.1. The molecule has 0 heterocycles. The van der Waals surface area contributed by atoms with Crippen molar-refractivity contribution in [3.05, 3.63) is 29.6 Å². The van der Waals surface area contributed by atoms with E-state index in [2.05, 4.69) is 26.1 Å². The summed E-state index contributed by atoms with van der Waals surface area (Å²) in [6.07, 6.45) is 0.0448. The van der Waals surface area contributed by atoms with Gasteiger partial charge in [0.05, 0.1) is 12.7 Å². The van der Waals surface area contributed by atoms with E-state index in [1.165, 1.54) is 6.07 Å². The van der Waals surface area contributed by atoms with Gasteiger partial charge in [0, 0.05) is 24.1 Å². The predicted molar refractivity (Wildman–Crippen MR) is 74.8 cm³/mol. The van der Waals surface area contributed by atoms with Crippen LogP contribution < -0.4 is 10.1 Å². The Morgan fingerprint density at radius 3 is 2.63 bits per heavy atom. The maximum Gasteiger partial charge on any atom is 0.165 e. The molecule has 0 amide bonds. The number of hydrogen-bond donors (Lipinski definition) is 2. The topological polar surface area (TPSA) is 41.5 Å². The molecule has 3 nitrogen and oxygen atoms in total. The monoisotopic (exact) mass is 269 g/mol. The van der Waals surface area contributed by atoms with Crippen molar-refractivity contribution >= 4 is 0 Å². The molecule has 4 heteroatoms. The number of aliphatic hydroxyl groups is 1. The van der Waals surface area contributed by atoms with Gasteiger partial charge in [-0.1, -0.05) is 12.1 Å². The number of para-hydroxylation sites is 1. The molecule has 0 aliphatic heterocycles. The van der Waals surface area contributed by atoms with Crippen LogP contribution in [0.1, 0.15) is 39.7 Å². The average Bonchev–Trinajstić information content (AvgIpc) is 2.27. The fraction of sp³-hybridized carbons (Fsp3) is 0.600. The van der Waals surface area contributed by atoms with E-state index in [4.69, 9.17) is 4.74 Å². The third-order valence-electron chi connectivity index (χ3n) is 2.64. The molecule has 1 unspecified atom stereocenters. The van der Waals surface area contributed by atoms with Crippen LogP contribution in [-0.4, -0.2) is 23.4 Å². The maximum atomic E-state index is 13.8. The van der Waals surface area contributed by atoms with E-state index < -0.39 is 6.10 Å². The Hall–Kier alpha value is -1.13. The predicted octanol–water partition coefficient (Wildman–Crippen LogP) is 2.86. The summed E-state index contributed by atoms with van der Waals surface area (Å²) >= 11 is 0.